The highest BCUT2D eigenvalue weighted by molar-refractivity contribution is 5.83. The fourth-order valence-corrected chi connectivity index (χ4v) is 2.25. The van der Waals surface area contributed by atoms with E-state index in [9.17, 15) is 4.79 Å². The van der Waals surface area contributed by atoms with Crippen molar-refractivity contribution in [1.82, 2.24) is 10.5 Å². The van der Waals surface area contributed by atoms with Crippen LogP contribution in [0.5, 0.6) is 0 Å². The van der Waals surface area contributed by atoms with Crippen LogP contribution < -0.4 is 5.32 Å². The number of nitrogens with one attached hydrogen (secondary N) is 1. The van der Waals surface area contributed by atoms with Crippen molar-refractivity contribution in [3.63, 3.8) is 0 Å². The normalized spacial score (nSPS) is 25.2. The van der Waals surface area contributed by atoms with Crippen LogP contribution in [0, 0.1) is 5.41 Å². The van der Waals surface area contributed by atoms with E-state index in [1.54, 1.807) is 0 Å². The van der Waals surface area contributed by atoms with Gasteiger partial charge in [-0.05, 0) is 67.2 Å². The van der Waals surface area contributed by atoms with Gasteiger partial charge in [0.25, 0.3) is 0 Å². The topological polar surface area (TPSA) is 50.8 Å². The van der Waals surface area contributed by atoms with Gasteiger partial charge in [0.05, 0.1) is 11.2 Å². The summed E-state index contributed by atoms with van der Waals surface area (Å²) < 4.78 is 0. The average Bonchev–Trinajstić information content (AvgIpc) is 2.18. The molecule has 0 bridgehead atoms. The molecule has 1 fully saturated rings. The number of carbonyl (C=O) groups is 1. The van der Waals surface area contributed by atoms with Gasteiger partial charge in [-0.1, -0.05) is 19.1 Å². The van der Waals surface area contributed by atoms with E-state index in [-0.39, 0.29) is 16.9 Å². The molecule has 0 aliphatic carbocycles. The maximum absolute atomic E-state index is 12.6. The van der Waals surface area contributed by atoms with Gasteiger partial charge in [-0.2, -0.15) is 0 Å². The summed E-state index contributed by atoms with van der Waals surface area (Å²) in [5.74, 6) is -0.0576. The minimum Gasteiger partial charge on any atom is -0.349 e. The standard InChI is InChI=1S/C17H34N2O3/c1-14(2,3)21-19(22-15(4,5)6)12-11-16(7,8)17(9,10)18-13(12)20/h12H,11H2,1-10H3,(H,18,20). The SMILES string of the molecule is CC(C)(C)ON(OC(C)(C)C)C1CC(C)(C)C(C)(C)NC1=O. The molecule has 1 amide bonds. The summed E-state index contributed by atoms with van der Waals surface area (Å²) >= 11 is 0. The highest BCUT2D eigenvalue weighted by Gasteiger charge is 2.50. The minimum absolute atomic E-state index is 0.0576. The van der Waals surface area contributed by atoms with E-state index in [1.807, 2.05) is 41.5 Å². The van der Waals surface area contributed by atoms with E-state index < -0.39 is 17.2 Å². The second-order valence-electron chi connectivity index (χ2n) is 9.41. The van der Waals surface area contributed by atoms with Crippen LogP contribution in [0.3, 0.4) is 0 Å². The maximum atomic E-state index is 12.6. The molecular weight excluding hydrogens is 280 g/mol. The van der Waals surface area contributed by atoms with E-state index in [0.29, 0.717) is 6.42 Å². The zero-order valence-corrected chi connectivity index (χ0v) is 16.0. The lowest BCUT2D eigenvalue weighted by Crippen LogP contribution is -2.66. The predicted molar refractivity (Wildman–Crippen MR) is 87.9 cm³/mol. The highest BCUT2D eigenvalue weighted by atomic mass is 17.0. The molecule has 1 atom stereocenters. The van der Waals surface area contributed by atoms with Crippen molar-refractivity contribution in [3.05, 3.63) is 0 Å². The smallest absolute Gasteiger partial charge is 0.242 e. The third-order valence-corrected chi connectivity index (χ3v) is 4.12. The molecule has 0 saturated carbocycles. The van der Waals surface area contributed by atoms with Crippen molar-refractivity contribution in [2.24, 2.45) is 5.41 Å². The fraction of sp³-hybridized carbons (Fsp3) is 0.941. The molecule has 1 saturated heterocycles. The summed E-state index contributed by atoms with van der Waals surface area (Å²) in [6.07, 6.45) is 0.665. The number of nitrogens with zero attached hydrogens (tertiary/aromatic N) is 1. The molecular formula is C17H34N2O3. The monoisotopic (exact) mass is 314 g/mol. The average molecular weight is 314 g/mol. The fourth-order valence-electron chi connectivity index (χ4n) is 2.25. The summed E-state index contributed by atoms with van der Waals surface area (Å²) in [7, 11) is 0. The summed E-state index contributed by atoms with van der Waals surface area (Å²) in [5.41, 5.74) is -1.23. The van der Waals surface area contributed by atoms with Gasteiger partial charge in [-0.15, -0.1) is 0 Å². The zero-order chi connectivity index (χ0) is 17.6. The molecule has 1 aliphatic rings. The van der Waals surface area contributed by atoms with E-state index in [0.717, 1.165) is 0 Å². The summed E-state index contributed by atoms with van der Waals surface area (Å²) in [4.78, 5) is 24.5. The second-order valence-corrected chi connectivity index (χ2v) is 9.41. The Labute approximate surface area is 135 Å². The first kappa shape index (κ1) is 19.4. The molecule has 0 aromatic heterocycles. The molecule has 1 rings (SSSR count). The van der Waals surface area contributed by atoms with Crippen LogP contribution >= 0.6 is 0 Å². The molecule has 1 unspecified atom stereocenters. The Hall–Kier alpha value is -0.650. The molecule has 5 nitrogen and oxygen atoms in total. The van der Waals surface area contributed by atoms with Crippen molar-refractivity contribution in [2.75, 3.05) is 0 Å². The lowest BCUT2D eigenvalue weighted by molar-refractivity contribution is -0.442. The van der Waals surface area contributed by atoms with Crippen molar-refractivity contribution < 1.29 is 14.5 Å². The molecule has 1 aliphatic heterocycles. The van der Waals surface area contributed by atoms with Gasteiger partial charge in [0, 0.05) is 5.54 Å². The molecule has 0 aromatic carbocycles. The van der Waals surface area contributed by atoms with Gasteiger partial charge in [0.1, 0.15) is 6.04 Å². The Morgan fingerprint density at radius 1 is 1.00 bits per heavy atom. The molecule has 1 heterocycles. The van der Waals surface area contributed by atoms with Crippen molar-refractivity contribution in [2.45, 2.75) is 98.4 Å². The molecule has 0 radical (unpaired) electrons. The Balaban J connectivity index is 3.06. The van der Waals surface area contributed by atoms with Gasteiger partial charge >= 0.3 is 0 Å². The lowest BCUT2D eigenvalue weighted by atomic mass is 9.68. The predicted octanol–water partition coefficient (Wildman–Crippen LogP) is 3.44. The Kier molecular flexibility index (Phi) is 5.08. The molecule has 0 aromatic rings. The van der Waals surface area contributed by atoms with Crippen LogP contribution in [0.15, 0.2) is 0 Å². The van der Waals surface area contributed by atoms with Gasteiger partial charge in [0.2, 0.25) is 5.91 Å². The molecule has 130 valence electrons. The minimum atomic E-state index is -0.471. The van der Waals surface area contributed by atoms with Crippen molar-refractivity contribution in [1.29, 1.82) is 0 Å². The van der Waals surface area contributed by atoms with E-state index in [4.69, 9.17) is 9.68 Å². The van der Waals surface area contributed by atoms with E-state index in [1.165, 1.54) is 5.23 Å². The first-order valence-corrected chi connectivity index (χ1v) is 8.04. The number of hydroxylamine groups is 2. The maximum Gasteiger partial charge on any atom is 0.242 e. The van der Waals surface area contributed by atoms with Gasteiger partial charge in [0.15, 0.2) is 0 Å². The van der Waals surface area contributed by atoms with Gasteiger partial charge in [-0.3, -0.25) is 14.5 Å². The number of piperidine rings is 1. The van der Waals surface area contributed by atoms with Gasteiger partial charge < -0.3 is 5.32 Å². The Morgan fingerprint density at radius 3 is 1.77 bits per heavy atom. The van der Waals surface area contributed by atoms with Crippen molar-refractivity contribution in [3.8, 4) is 0 Å². The Bertz CT molecular complexity index is 401. The Morgan fingerprint density at radius 2 is 1.41 bits per heavy atom. The van der Waals surface area contributed by atoms with Crippen molar-refractivity contribution >= 4 is 5.91 Å². The van der Waals surface area contributed by atoms with Crippen LogP contribution in [-0.4, -0.2) is 33.9 Å². The molecule has 0 spiro atoms. The van der Waals surface area contributed by atoms with Crippen LogP contribution in [-0.2, 0) is 14.5 Å². The molecule has 22 heavy (non-hydrogen) atoms. The second kappa shape index (κ2) is 5.77. The molecule has 1 N–H and O–H groups in total. The van der Waals surface area contributed by atoms with Crippen LogP contribution in [0.25, 0.3) is 0 Å². The third-order valence-electron chi connectivity index (χ3n) is 4.12. The van der Waals surface area contributed by atoms with E-state index >= 15 is 0 Å². The van der Waals surface area contributed by atoms with E-state index in [2.05, 4.69) is 33.0 Å². The first-order valence-electron chi connectivity index (χ1n) is 8.04. The van der Waals surface area contributed by atoms with Crippen LogP contribution in [0.4, 0.5) is 0 Å². The quantitative estimate of drug-likeness (QED) is 0.811. The highest BCUT2D eigenvalue weighted by Crippen LogP contribution is 2.40. The van der Waals surface area contributed by atoms with Crippen LogP contribution in [0.2, 0.25) is 0 Å². The summed E-state index contributed by atoms with van der Waals surface area (Å²) in [5, 5.41) is 4.52. The number of hydrogen-bond acceptors (Lipinski definition) is 4. The lowest BCUT2D eigenvalue weighted by Gasteiger charge is -2.51. The van der Waals surface area contributed by atoms with Gasteiger partial charge in [-0.25, -0.2) is 0 Å². The largest absolute Gasteiger partial charge is 0.349 e. The third kappa shape index (κ3) is 4.93. The number of hydrogen-bond donors (Lipinski definition) is 1. The van der Waals surface area contributed by atoms with Crippen LogP contribution in [0.1, 0.15) is 75.7 Å². The number of amides is 1. The zero-order valence-electron chi connectivity index (χ0n) is 16.0. The summed E-state index contributed by atoms with van der Waals surface area (Å²) in [6.45, 7) is 20.1. The first-order chi connectivity index (χ1) is 9.54. The summed E-state index contributed by atoms with van der Waals surface area (Å²) in [6, 6.07) is -0.471. The number of carbonyl (C=O) groups excluding carboxylic acids is 1. The number of rotatable bonds is 3. The molecule has 5 heteroatoms.